The number of aliphatic hydroxyl groups excluding tert-OH is 1. The van der Waals surface area contributed by atoms with Crippen molar-refractivity contribution in [3.05, 3.63) is 29.8 Å². The van der Waals surface area contributed by atoms with Crippen molar-refractivity contribution in [3.8, 4) is 0 Å². The van der Waals surface area contributed by atoms with Gasteiger partial charge in [0.25, 0.3) is 0 Å². The molecule has 0 aliphatic carbocycles. The van der Waals surface area contributed by atoms with E-state index in [-0.39, 0.29) is 6.61 Å². The van der Waals surface area contributed by atoms with E-state index in [2.05, 4.69) is 42.8 Å². The third kappa shape index (κ3) is 4.24. The van der Waals surface area contributed by atoms with E-state index in [1.54, 1.807) is 11.8 Å². The van der Waals surface area contributed by atoms with Crippen molar-refractivity contribution in [3.63, 3.8) is 0 Å². The summed E-state index contributed by atoms with van der Waals surface area (Å²) in [6.07, 6.45) is 3.10. The number of thioether (sulfide) groups is 1. The van der Waals surface area contributed by atoms with Gasteiger partial charge in [0.1, 0.15) is 12.6 Å². The lowest BCUT2D eigenvalue weighted by Gasteiger charge is -2.10. The van der Waals surface area contributed by atoms with Crippen LogP contribution < -0.4 is 5.32 Å². The molecule has 0 bridgehead atoms. The zero-order valence-corrected chi connectivity index (χ0v) is 10.3. The van der Waals surface area contributed by atoms with Gasteiger partial charge in [0, 0.05) is 10.5 Å². The molecular weight excluding hydrogens is 206 g/mol. The number of benzene rings is 1. The standard InChI is InChI=1S/C12H19NOS/c1-3-11(9-14)13-8-10-4-6-12(15-2)7-5-10/h4-7,11,13-14H,3,8-9H2,1-2H3/p+1/t11-/m1/s1. The van der Waals surface area contributed by atoms with Gasteiger partial charge in [-0.1, -0.05) is 19.1 Å². The van der Waals surface area contributed by atoms with Gasteiger partial charge in [-0.3, -0.25) is 0 Å². The second kappa shape index (κ2) is 6.88. The largest absolute Gasteiger partial charge is 0.390 e. The topological polar surface area (TPSA) is 36.8 Å². The molecule has 84 valence electrons. The van der Waals surface area contributed by atoms with Gasteiger partial charge in [0.15, 0.2) is 0 Å². The molecule has 0 spiro atoms. The van der Waals surface area contributed by atoms with Crippen LogP contribution in [-0.2, 0) is 6.54 Å². The van der Waals surface area contributed by atoms with E-state index >= 15 is 0 Å². The number of rotatable bonds is 6. The average Bonchev–Trinajstić information content (AvgIpc) is 2.31. The van der Waals surface area contributed by atoms with E-state index in [4.69, 9.17) is 5.11 Å². The third-order valence-electron chi connectivity index (χ3n) is 2.60. The maximum Gasteiger partial charge on any atom is 0.109 e. The molecule has 0 radical (unpaired) electrons. The van der Waals surface area contributed by atoms with Gasteiger partial charge in [-0.2, -0.15) is 0 Å². The third-order valence-corrected chi connectivity index (χ3v) is 3.35. The van der Waals surface area contributed by atoms with Gasteiger partial charge in [-0.25, -0.2) is 0 Å². The maximum absolute atomic E-state index is 9.05. The predicted octanol–water partition coefficient (Wildman–Crippen LogP) is 1.24. The van der Waals surface area contributed by atoms with Crippen LogP contribution in [0.25, 0.3) is 0 Å². The Bertz CT molecular complexity index is 269. The summed E-state index contributed by atoms with van der Waals surface area (Å²) in [5, 5.41) is 11.3. The van der Waals surface area contributed by atoms with Gasteiger partial charge >= 0.3 is 0 Å². The van der Waals surface area contributed by atoms with Crippen LogP contribution >= 0.6 is 11.8 Å². The minimum atomic E-state index is 0.263. The molecule has 1 rings (SSSR count). The van der Waals surface area contributed by atoms with Crippen molar-refractivity contribution in [2.24, 2.45) is 0 Å². The second-order valence-corrected chi connectivity index (χ2v) is 4.52. The molecule has 0 saturated heterocycles. The Hall–Kier alpha value is -0.510. The Morgan fingerprint density at radius 1 is 1.33 bits per heavy atom. The number of nitrogens with two attached hydrogens (primary N) is 1. The Labute approximate surface area is 96.1 Å². The van der Waals surface area contributed by atoms with Crippen LogP contribution in [0, 0.1) is 0 Å². The molecule has 0 saturated carbocycles. The van der Waals surface area contributed by atoms with Crippen molar-refractivity contribution in [2.75, 3.05) is 12.9 Å². The van der Waals surface area contributed by atoms with Gasteiger partial charge in [-0.15, -0.1) is 11.8 Å². The summed E-state index contributed by atoms with van der Waals surface area (Å²) in [5.41, 5.74) is 1.32. The minimum absolute atomic E-state index is 0.263. The summed E-state index contributed by atoms with van der Waals surface area (Å²) < 4.78 is 0. The molecule has 15 heavy (non-hydrogen) atoms. The first-order valence-electron chi connectivity index (χ1n) is 5.37. The van der Waals surface area contributed by atoms with Crippen LogP contribution in [0.4, 0.5) is 0 Å². The van der Waals surface area contributed by atoms with Gasteiger partial charge in [0.2, 0.25) is 0 Å². The summed E-state index contributed by atoms with van der Waals surface area (Å²) in [4.78, 5) is 1.30. The molecule has 1 atom stereocenters. The normalized spacial score (nSPS) is 12.7. The molecule has 3 N–H and O–H groups in total. The predicted molar refractivity (Wildman–Crippen MR) is 65.0 cm³/mol. The minimum Gasteiger partial charge on any atom is -0.390 e. The average molecular weight is 226 g/mol. The molecule has 1 aromatic carbocycles. The molecule has 0 fully saturated rings. The molecule has 0 aromatic heterocycles. The maximum atomic E-state index is 9.05. The summed E-state index contributed by atoms with van der Waals surface area (Å²) in [7, 11) is 0. The summed E-state index contributed by atoms with van der Waals surface area (Å²) in [6, 6.07) is 8.95. The first kappa shape index (κ1) is 12.6. The Morgan fingerprint density at radius 2 is 2.00 bits per heavy atom. The molecule has 3 heteroatoms. The van der Waals surface area contributed by atoms with Crippen molar-refractivity contribution >= 4 is 11.8 Å². The molecule has 0 aliphatic heterocycles. The van der Waals surface area contributed by atoms with E-state index in [0.29, 0.717) is 6.04 Å². The van der Waals surface area contributed by atoms with E-state index in [9.17, 15) is 0 Å². The van der Waals surface area contributed by atoms with Crippen molar-refractivity contribution in [2.45, 2.75) is 30.8 Å². The lowest BCUT2D eigenvalue weighted by molar-refractivity contribution is -0.706. The van der Waals surface area contributed by atoms with Gasteiger partial charge < -0.3 is 10.4 Å². The number of hydrogen-bond donors (Lipinski definition) is 2. The van der Waals surface area contributed by atoms with Gasteiger partial charge in [-0.05, 0) is 24.8 Å². The molecular formula is C12H20NOS+. The fraction of sp³-hybridized carbons (Fsp3) is 0.500. The van der Waals surface area contributed by atoms with Crippen molar-refractivity contribution in [1.29, 1.82) is 0 Å². The lowest BCUT2D eigenvalue weighted by atomic mass is 10.2. The van der Waals surface area contributed by atoms with Crippen LogP contribution in [0.2, 0.25) is 0 Å². The molecule has 1 aromatic rings. The van der Waals surface area contributed by atoms with Crippen LogP contribution in [0.1, 0.15) is 18.9 Å². The van der Waals surface area contributed by atoms with Crippen LogP contribution in [-0.4, -0.2) is 24.0 Å². The SMILES string of the molecule is CC[C@H](CO)[NH2+]Cc1ccc(SC)cc1. The van der Waals surface area contributed by atoms with Crippen LogP contribution in [0.5, 0.6) is 0 Å². The molecule has 0 unspecified atom stereocenters. The highest BCUT2D eigenvalue weighted by Gasteiger charge is 2.06. The monoisotopic (exact) mass is 226 g/mol. The van der Waals surface area contributed by atoms with Crippen LogP contribution in [0.15, 0.2) is 29.2 Å². The fourth-order valence-corrected chi connectivity index (χ4v) is 1.84. The lowest BCUT2D eigenvalue weighted by Crippen LogP contribution is -2.89. The highest BCUT2D eigenvalue weighted by Crippen LogP contribution is 2.14. The Kier molecular flexibility index (Phi) is 5.76. The molecule has 0 amide bonds. The second-order valence-electron chi connectivity index (χ2n) is 3.64. The molecule has 2 nitrogen and oxygen atoms in total. The van der Waals surface area contributed by atoms with E-state index in [1.807, 2.05) is 0 Å². The summed E-state index contributed by atoms with van der Waals surface area (Å²) >= 11 is 1.76. The Morgan fingerprint density at radius 3 is 2.47 bits per heavy atom. The fourth-order valence-electron chi connectivity index (χ4n) is 1.43. The first-order chi connectivity index (χ1) is 7.30. The highest BCUT2D eigenvalue weighted by atomic mass is 32.2. The molecule has 0 aliphatic rings. The van der Waals surface area contributed by atoms with E-state index in [0.717, 1.165) is 13.0 Å². The van der Waals surface area contributed by atoms with E-state index < -0.39 is 0 Å². The van der Waals surface area contributed by atoms with E-state index in [1.165, 1.54) is 10.5 Å². The summed E-state index contributed by atoms with van der Waals surface area (Å²) in [6.45, 7) is 3.32. The zero-order valence-electron chi connectivity index (χ0n) is 9.44. The quantitative estimate of drug-likeness (QED) is 0.716. The van der Waals surface area contributed by atoms with Crippen molar-refractivity contribution in [1.82, 2.24) is 0 Å². The first-order valence-corrected chi connectivity index (χ1v) is 6.59. The Balaban J connectivity index is 2.43. The van der Waals surface area contributed by atoms with Crippen molar-refractivity contribution < 1.29 is 10.4 Å². The highest BCUT2D eigenvalue weighted by molar-refractivity contribution is 7.98. The number of hydrogen-bond acceptors (Lipinski definition) is 2. The summed E-state index contributed by atoms with van der Waals surface area (Å²) in [5.74, 6) is 0. The molecule has 0 heterocycles. The zero-order chi connectivity index (χ0) is 11.1. The smallest absolute Gasteiger partial charge is 0.109 e. The number of aliphatic hydroxyl groups is 1. The van der Waals surface area contributed by atoms with Crippen LogP contribution in [0.3, 0.4) is 0 Å². The van der Waals surface area contributed by atoms with Gasteiger partial charge in [0.05, 0.1) is 6.61 Å². The number of quaternary nitrogens is 1.